The van der Waals surface area contributed by atoms with Crippen molar-refractivity contribution in [3.05, 3.63) is 199 Å². The first-order valence-corrected chi connectivity index (χ1v) is 20.1. The van der Waals surface area contributed by atoms with Crippen LogP contribution in [-0.4, -0.2) is 24.1 Å². The quantitative estimate of drug-likeness (QED) is 0.170. The van der Waals surface area contributed by atoms with Crippen LogP contribution in [0.1, 0.15) is 16.7 Å². The second-order valence-corrected chi connectivity index (χ2v) is 15.5. The summed E-state index contributed by atoms with van der Waals surface area (Å²) < 4.78 is 4.83. The molecule has 280 valence electrons. The summed E-state index contributed by atoms with van der Waals surface area (Å²) in [6.45, 7) is 6.54. The molecular weight excluding hydrogens is 719 g/mol. The van der Waals surface area contributed by atoms with Gasteiger partial charge in [-0.2, -0.15) is 0 Å². The Kier molecular flexibility index (Phi) is 8.09. The Bertz CT molecular complexity index is 3280. The van der Waals surface area contributed by atoms with Crippen molar-refractivity contribution in [2.45, 2.75) is 20.8 Å². The van der Waals surface area contributed by atoms with E-state index in [1.165, 1.54) is 49.3 Å². The Morgan fingerprint density at radius 3 is 1.47 bits per heavy atom. The summed E-state index contributed by atoms with van der Waals surface area (Å²) in [6, 6.07) is 64.9. The molecule has 11 rings (SSSR count). The second-order valence-electron chi connectivity index (χ2n) is 15.5. The largest absolute Gasteiger partial charge is 0.309 e. The average Bonchev–Trinajstić information content (AvgIpc) is 3.79. The third kappa shape index (κ3) is 5.81. The van der Waals surface area contributed by atoms with E-state index >= 15 is 0 Å². The van der Waals surface area contributed by atoms with Gasteiger partial charge >= 0.3 is 0 Å². The lowest BCUT2D eigenvalue weighted by Crippen LogP contribution is -2.00. The normalized spacial score (nSPS) is 11.6. The van der Waals surface area contributed by atoms with Gasteiger partial charge in [0, 0.05) is 49.6 Å². The molecule has 0 aliphatic carbocycles. The Labute approximate surface area is 342 Å². The van der Waals surface area contributed by atoms with Crippen molar-refractivity contribution < 1.29 is 0 Å². The SMILES string of the molecule is Cc1ccc2c(c1)c1cc(C)ccc1n2-c1ccc2c(c1)c1c(-c3cc(-c4nc(-c5ccccc5)nc(-c5ccccc5)n4)ccc3C)cccc1n2-c1ccccc1. The number of aromatic nitrogens is 5. The van der Waals surface area contributed by atoms with Crippen molar-refractivity contribution in [2.75, 3.05) is 0 Å². The van der Waals surface area contributed by atoms with Gasteiger partial charge in [0.15, 0.2) is 17.5 Å². The zero-order chi connectivity index (χ0) is 39.6. The molecule has 0 saturated heterocycles. The molecule has 0 radical (unpaired) electrons. The molecule has 5 nitrogen and oxygen atoms in total. The van der Waals surface area contributed by atoms with Crippen LogP contribution in [0.15, 0.2) is 182 Å². The third-order valence-corrected chi connectivity index (χ3v) is 11.6. The number of aryl methyl sites for hydroxylation is 3. The molecule has 8 aromatic carbocycles. The predicted octanol–water partition coefficient (Wildman–Crippen LogP) is 13.7. The number of hydrogen-bond donors (Lipinski definition) is 0. The first kappa shape index (κ1) is 34.6. The third-order valence-electron chi connectivity index (χ3n) is 11.6. The monoisotopic (exact) mass is 757 g/mol. The predicted molar refractivity (Wildman–Crippen MR) is 244 cm³/mol. The summed E-state index contributed by atoms with van der Waals surface area (Å²) in [5.74, 6) is 1.93. The maximum atomic E-state index is 5.09. The van der Waals surface area contributed by atoms with E-state index in [0.29, 0.717) is 17.5 Å². The Morgan fingerprint density at radius 1 is 0.339 bits per heavy atom. The van der Waals surface area contributed by atoms with Crippen LogP contribution >= 0.6 is 0 Å². The minimum atomic E-state index is 0.636. The summed E-state index contributed by atoms with van der Waals surface area (Å²) in [6.07, 6.45) is 0. The lowest BCUT2D eigenvalue weighted by molar-refractivity contribution is 1.07. The number of benzene rings is 8. The summed E-state index contributed by atoms with van der Waals surface area (Å²) in [5.41, 5.74) is 15.8. The van der Waals surface area contributed by atoms with Crippen LogP contribution in [0.5, 0.6) is 0 Å². The number of para-hydroxylation sites is 1. The van der Waals surface area contributed by atoms with Gasteiger partial charge in [-0.3, -0.25) is 0 Å². The van der Waals surface area contributed by atoms with Gasteiger partial charge in [0.2, 0.25) is 0 Å². The van der Waals surface area contributed by atoms with Crippen molar-refractivity contribution in [1.82, 2.24) is 24.1 Å². The van der Waals surface area contributed by atoms with Gasteiger partial charge < -0.3 is 9.13 Å². The van der Waals surface area contributed by atoms with Crippen LogP contribution in [0.25, 0.3) is 100 Å². The number of hydrogen-bond acceptors (Lipinski definition) is 3. The average molecular weight is 758 g/mol. The van der Waals surface area contributed by atoms with Gasteiger partial charge in [0.05, 0.1) is 22.1 Å². The molecule has 0 atom stereocenters. The molecular formula is C54H39N5. The van der Waals surface area contributed by atoms with Crippen LogP contribution in [0.2, 0.25) is 0 Å². The fourth-order valence-corrected chi connectivity index (χ4v) is 8.80. The van der Waals surface area contributed by atoms with Gasteiger partial charge in [-0.15, -0.1) is 0 Å². The zero-order valence-corrected chi connectivity index (χ0v) is 33.1. The molecule has 0 aliphatic rings. The highest BCUT2D eigenvalue weighted by Gasteiger charge is 2.21. The highest BCUT2D eigenvalue weighted by molar-refractivity contribution is 6.17. The molecule has 0 unspecified atom stereocenters. The van der Waals surface area contributed by atoms with E-state index in [0.717, 1.165) is 50.2 Å². The van der Waals surface area contributed by atoms with Gasteiger partial charge in [0.25, 0.3) is 0 Å². The molecule has 0 spiro atoms. The van der Waals surface area contributed by atoms with Crippen LogP contribution in [0.3, 0.4) is 0 Å². The molecule has 59 heavy (non-hydrogen) atoms. The lowest BCUT2D eigenvalue weighted by Gasteiger charge is -2.13. The maximum absolute atomic E-state index is 5.09. The number of nitrogens with zero attached hydrogens (tertiary/aromatic N) is 5. The molecule has 3 aromatic heterocycles. The fraction of sp³-hybridized carbons (Fsp3) is 0.0556. The minimum absolute atomic E-state index is 0.636. The smallest absolute Gasteiger partial charge is 0.164 e. The van der Waals surface area contributed by atoms with Crippen LogP contribution < -0.4 is 0 Å². The van der Waals surface area contributed by atoms with Crippen LogP contribution in [-0.2, 0) is 0 Å². The Balaban J connectivity index is 1.16. The summed E-state index contributed by atoms with van der Waals surface area (Å²) in [7, 11) is 0. The maximum Gasteiger partial charge on any atom is 0.164 e. The van der Waals surface area contributed by atoms with Crippen molar-refractivity contribution in [3.63, 3.8) is 0 Å². The Hall–Kier alpha value is -7.63. The molecule has 11 aromatic rings. The van der Waals surface area contributed by atoms with Crippen molar-refractivity contribution in [1.29, 1.82) is 0 Å². The number of fused-ring (bicyclic) bond motifs is 6. The summed E-state index contributed by atoms with van der Waals surface area (Å²) in [5, 5.41) is 4.93. The van der Waals surface area contributed by atoms with Crippen molar-refractivity contribution >= 4 is 43.6 Å². The van der Waals surface area contributed by atoms with E-state index in [4.69, 9.17) is 15.0 Å². The molecule has 0 N–H and O–H groups in total. The topological polar surface area (TPSA) is 48.5 Å². The van der Waals surface area contributed by atoms with E-state index in [1.54, 1.807) is 0 Å². The highest BCUT2D eigenvalue weighted by atomic mass is 15.0. The lowest BCUT2D eigenvalue weighted by atomic mass is 9.94. The standard InChI is InChI=1S/C54H39N5/c1-34-22-27-47-44(30-34)45-31-35(2)23-28-48(45)59(47)41-26-29-49-46(33-41)51-42(20-13-21-50(51)58(49)40-18-11-6-12-19-40)43-32-39(25-24-36(43)3)54-56-52(37-14-7-4-8-15-37)55-53(57-54)38-16-9-5-10-17-38/h4-33H,1-3H3. The first-order valence-electron chi connectivity index (χ1n) is 20.1. The van der Waals surface area contributed by atoms with Crippen molar-refractivity contribution in [3.8, 4) is 56.7 Å². The fourth-order valence-electron chi connectivity index (χ4n) is 8.80. The minimum Gasteiger partial charge on any atom is -0.309 e. The highest BCUT2D eigenvalue weighted by Crippen LogP contribution is 2.42. The van der Waals surface area contributed by atoms with Crippen LogP contribution in [0.4, 0.5) is 0 Å². The molecule has 0 saturated carbocycles. The summed E-state index contributed by atoms with van der Waals surface area (Å²) in [4.78, 5) is 15.1. The zero-order valence-electron chi connectivity index (χ0n) is 33.1. The van der Waals surface area contributed by atoms with E-state index in [9.17, 15) is 0 Å². The van der Waals surface area contributed by atoms with Crippen molar-refractivity contribution in [2.24, 2.45) is 0 Å². The molecule has 0 bridgehead atoms. The molecule has 0 fully saturated rings. The molecule has 0 amide bonds. The summed E-state index contributed by atoms with van der Waals surface area (Å²) >= 11 is 0. The van der Waals surface area contributed by atoms with Gasteiger partial charge in [-0.25, -0.2) is 15.0 Å². The van der Waals surface area contributed by atoms with Gasteiger partial charge in [-0.05, 0) is 104 Å². The molecule has 3 heterocycles. The van der Waals surface area contributed by atoms with E-state index in [-0.39, 0.29) is 0 Å². The van der Waals surface area contributed by atoms with Gasteiger partial charge in [-0.1, -0.05) is 126 Å². The molecule has 5 heteroatoms. The second kappa shape index (κ2) is 13.8. The van der Waals surface area contributed by atoms with Crippen LogP contribution in [0, 0.1) is 20.8 Å². The first-order chi connectivity index (χ1) is 29.0. The van der Waals surface area contributed by atoms with E-state index in [1.807, 2.05) is 60.7 Å². The van der Waals surface area contributed by atoms with E-state index < -0.39 is 0 Å². The number of rotatable bonds is 6. The van der Waals surface area contributed by atoms with E-state index in [2.05, 4.69) is 151 Å². The molecule has 0 aliphatic heterocycles. The Morgan fingerprint density at radius 2 is 0.864 bits per heavy atom. The van der Waals surface area contributed by atoms with Gasteiger partial charge in [0.1, 0.15) is 0 Å².